The monoisotopic (exact) mass is 1310 g/mol. The van der Waals surface area contributed by atoms with Crippen LogP contribution in [0.4, 0.5) is 26.4 Å². The number of anilines is 3. The second-order valence-electron chi connectivity index (χ2n) is 23.0. The molecule has 0 saturated carbocycles. The van der Waals surface area contributed by atoms with Gasteiger partial charge in [0, 0.05) is 91.2 Å². The van der Waals surface area contributed by atoms with Gasteiger partial charge >= 0.3 is 12.0 Å². The summed E-state index contributed by atoms with van der Waals surface area (Å²) in [6.07, 6.45) is 3.65. The van der Waals surface area contributed by atoms with Crippen molar-refractivity contribution in [1.29, 1.82) is 0 Å². The molecule has 0 aliphatic carbocycles. The van der Waals surface area contributed by atoms with Crippen LogP contribution in [-0.4, -0.2) is 204 Å². The van der Waals surface area contributed by atoms with Crippen LogP contribution in [0.5, 0.6) is 6.01 Å². The number of piperazine rings is 1. The molecule has 4 aromatic carbocycles. The number of imide groups is 1. The fraction of sp³-hybridized carbons (Fsp3) is 0.485. The predicted octanol–water partition coefficient (Wildman–Crippen LogP) is 7.19. The first kappa shape index (κ1) is 67.3. The van der Waals surface area contributed by atoms with Gasteiger partial charge in [-0.1, -0.05) is 66.2 Å². The summed E-state index contributed by atoms with van der Waals surface area (Å²) in [7, 11) is 0. The third-order valence-electron chi connectivity index (χ3n) is 16.9. The predicted molar refractivity (Wildman–Crippen MR) is 344 cm³/mol. The number of ether oxygens (including phenoxy) is 7. The number of hydrogen-bond acceptors (Lipinski definition) is 17. The van der Waals surface area contributed by atoms with Crippen LogP contribution in [0.2, 0.25) is 10.0 Å². The molecule has 6 amide bonds. The molecule has 0 radical (unpaired) electrons. The quantitative estimate of drug-likeness (QED) is 0.0167. The molecule has 23 nitrogen and oxygen atoms in total. The lowest BCUT2D eigenvalue weighted by atomic mass is 10.0. The SMILES string of the molecule is [C-]#[N+]C[C@H]1CN(c2nc(OC[C@@H]3CCCN3CCOCCOCCOCCOCCOCCOCCc3cc(Cl)cc(NC(=O)NCc4ccc5c(c4)CN(C4CCC(=O)NC4=O)C5=O)c3)nc3c2CCN(c2cccc4cccc(Cl)c24)C3)CCN1C(=O)C(=C)F. The number of halogens is 3. The Kier molecular flexibility index (Phi) is 24.4. The number of carbonyl (C=O) groups is 5. The Labute approximate surface area is 544 Å². The number of nitrogens with zero attached hydrogens (tertiary/aromatic N) is 8. The average Bonchev–Trinajstić information content (AvgIpc) is 1.88. The molecule has 5 aliphatic heterocycles. The molecule has 1 aromatic heterocycles. The van der Waals surface area contributed by atoms with Crippen LogP contribution in [0.25, 0.3) is 15.6 Å². The molecule has 1 unspecified atom stereocenters. The number of fused-ring (bicyclic) bond motifs is 3. The minimum atomic E-state index is -1.04. The lowest BCUT2D eigenvalue weighted by Crippen LogP contribution is -2.57. The lowest BCUT2D eigenvalue weighted by molar-refractivity contribution is -0.137. The normalized spacial score (nSPS) is 18.2. The van der Waals surface area contributed by atoms with Crippen LogP contribution in [0.1, 0.15) is 64.0 Å². The van der Waals surface area contributed by atoms with Gasteiger partial charge in [0.05, 0.1) is 96.5 Å². The second-order valence-corrected chi connectivity index (χ2v) is 23.8. The number of benzene rings is 4. The maximum atomic E-state index is 14.1. The van der Waals surface area contributed by atoms with E-state index >= 15 is 0 Å². The van der Waals surface area contributed by atoms with Gasteiger partial charge in [0.1, 0.15) is 24.5 Å². The fourth-order valence-electron chi connectivity index (χ4n) is 12.3. The van der Waals surface area contributed by atoms with Gasteiger partial charge in [0.15, 0.2) is 5.83 Å². The van der Waals surface area contributed by atoms with Crippen LogP contribution >= 0.6 is 23.2 Å². The zero-order valence-corrected chi connectivity index (χ0v) is 53.0. The molecule has 92 heavy (non-hydrogen) atoms. The van der Waals surface area contributed by atoms with Crippen LogP contribution in [0.15, 0.2) is 85.2 Å². The van der Waals surface area contributed by atoms with Crippen molar-refractivity contribution in [1.82, 2.24) is 35.3 Å². The van der Waals surface area contributed by atoms with E-state index in [1.807, 2.05) is 36.4 Å². The summed E-state index contributed by atoms with van der Waals surface area (Å²) >= 11 is 13.2. The zero-order chi connectivity index (χ0) is 64.3. The van der Waals surface area contributed by atoms with Crippen molar-refractivity contribution < 1.29 is 61.5 Å². The number of hydrogen-bond donors (Lipinski definition) is 3. The largest absolute Gasteiger partial charge is 0.462 e. The number of carbonyl (C=O) groups excluding carboxylic acids is 5. The zero-order valence-electron chi connectivity index (χ0n) is 51.5. The van der Waals surface area contributed by atoms with E-state index in [1.54, 1.807) is 18.2 Å². The van der Waals surface area contributed by atoms with Crippen molar-refractivity contribution in [2.45, 2.75) is 76.3 Å². The third-order valence-corrected chi connectivity index (χ3v) is 17.4. The van der Waals surface area contributed by atoms with E-state index in [9.17, 15) is 28.4 Å². The summed E-state index contributed by atoms with van der Waals surface area (Å²) in [5, 5.41) is 11.1. The van der Waals surface area contributed by atoms with E-state index < -0.39 is 35.8 Å². The standard InChI is InChI=1S/C66H78Cl2FN11O12/c1-44(69)63(83)79-20-19-78(41-52(79)39-70-2)61-54-15-18-77(57-10-4-7-47-6-3-9-55(68)60(47)57)42-56(54)73-66(75-61)92-43-51-8-5-17-76(51)21-23-87-25-27-89-29-31-91-33-32-90-30-28-88-26-24-86-22-16-45-35-49(67)37-50(36-45)72-65(85)71-38-46-11-12-53-48(34-46)40-80(64(53)84)58-13-14-59(81)74-62(58)82/h3-4,6-7,9-12,34-37,51-52,58H,1,5,8,13-33,38-43H2,(H2,71,72,85)(H,74,81,82)/t51-,52-,58?/m0/s1. The second kappa shape index (κ2) is 33.3. The summed E-state index contributed by atoms with van der Waals surface area (Å²) in [6.45, 7) is 20.6. The molecule has 5 aliphatic rings. The van der Waals surface area contributed by atoms with Gasteiger partial charge < -0.3 is 68.2 Å². The Morgan fingerprint density at radius 2 is 1.48 bits per heavy atom. The van der Waals surface area contributed by atoms with Crippen LogP contribution in [0, 0.1) is 6.57 Å². The Morgan fingerprint density at radius 3 is 2.20 bits per heavy atom. The van der Waals surface area contributed by atoms with E-state index in [0.29, 0.717) is 152 Å². The third kappa shape index (κ3) is 18.0. The Balaban J connectivity index is 0.555. The minimum absolute atomic E-state index is 0.0179. The number of amides is 6. The summed E-state index contributed by atoms with van der Waals surface area (Å²) in [6, 6.07) is 21.4. The van der Waals surface area contributed by atoms with E-state index in [4.69, 9.17) is 72.9 Å². The summed E-state index contributed by atoms with van der Waals surface area (Å²) < 4.78 is 55.0. The number of nitrogens with one attached hydrogen (secondary N) is 3. The summed E-state index contributed by atoms with van der Waals surface area (Å²) in [4.78, 5) is 86.0. The van der Waals surface area contributed by atoms with Crippen LogP contribution in [0.3, 0.4) is 0 Å². The van der Waals surface area contributed by atoms with Crippen molar-refractivity contribution in [2.24, 2.45) is 0 Å². The Bertz CT molecular complexity index is 3480. The Morgan fingerprint density at radius 1 is 0.761 bits per heavy atom. The molecule has 6 heterocycles. The highest BCUT2D eigenvalue weighted by atomic mass is 35.5. The number of likely N-dealkylation sites (tertiary alicyclic amines) is 1. The number of rotatable bonds is 32. The van der Waals surface area contributed by atoms with Crippen LogP contribution < -0.4 is 30.5 Å². The highest BCUT2D eigenvalue weighted by molar-refractivity contribution is 6.36. The van der Waals surface area contributed by atoms with Crippen molar-refractivity contribution >= 4 is 80.8 Å². The molecule has 10 rings (SSSR count). The number of urea groups is 1. The van der Waals surface area contributed by atoms with Gasteiger partial charge in [-0.25, -0.2) is 15.8 Å². The first-order chi connectivity index (χ1) is 44.8. The van der Waals surface area contributed by atoms with Gasteiger partial charge in [-0.3, -0.25) is 29.4 Å². The minimum Gasteiger partial charge on any atom is -0.462 e. The van der Waals surface area contributed by atoms with E-state index in [2.05, 4.69) is 60.3 Å². The maximum absolute atomic E-state index is 14.1. The van der Waals surface area contributed by atoms with Gasteiger partial charge in [-0.2, -0.15) is 9.97 Å². The topological polar surface area (TPSA) is 232 Å². The van der Waals surface area contributed by atoms with Crippen molar-refractivity contribution in [3.05, 3.63) is 140 Å². The molecule has 3 atom stereocenters. The first-order valence-corrected chi connectivity index (χ1v) is 32.0. The first-order valence-electron chi connectivity index (χ1n) is 31.3. The van der Waals surface area contributed by atoms with E-state index in [1.165, 1.54) is 9.80 Å². The van der Waals surface area contributed by atoms with E-state index in [-0.39, 0.29) is 62.9 Å². The Hall–Kier alpha value is -7.57. The molecule has 3 N–H and O–H groups in total. The van der Waals surface area contributed by atoms with E-state index in [0.717, 1.165) is 70.3 Å². The number of piperidine rings is 1. The van der Waals surface area contributed by atoms with Crippen LogP contribution in [-0.2, 0) is 75.3 Å². The van der Waals surface area contributed by atoms with Gasteiger partial charge in [0.25, 0.3) is 11.8 Å². The summed E-state index contributed by atoms with van der Waals surface area (Å²) in [5.41, 5.74) is 6.28. The molecular formula is C66H78Cl2FN11O12. The van der Waals surface area contributed by atoms with Crippen molar-refractivity contribution in [3.63, 3.8) is 0 Å². The molecule has 3 saturated heterocycles. The van der Waals surface area contributed by atoms with Gasteiger partial charge in [-0.05, 0) is 97.1 Å². The van der Waals surface area contributed by atoms with Crippen molar-refractivity contribution in [3.8, 4) is 6.01 Å². The molecule has 5 aromatic rings. The molecule has 0 bridgehead atoms. The molecule has 26 heteroatoms. The van der Waals surface area contributed by atoms with Crippen molar-refractivity contribution in [2.75, 3.05) is 147 Å². The molecule has 0 spiro atoms. The smallest absolute Gasteiger partial charge is 0.319 e. The number of aromatic nitrogens is 2. The van der Waals surface area contributed by atoms with Gasteiger partial charge in [0.2, 0.25) is 18.4 Å². The highest BCUT2D eigenvalue weighted by Gasteiger charge is 2.40. The lowest BCUT2D eigenvalue weighted by Gasteiger charge is -2.41. The average molecular weight is 1310 g/mol. The molecule has 3 fully saturated rings. The fourth-order valence-corrected chi connectivity index (χ4v) is 12.8. The molecule has 490 valence electrons. The maximum Gasteiger partial charge on any atom is 0.319 e. The summed E-state index contributed by atoms with van der Waals surface area (Å²) in [5.74, 6) is -2.18. The highest BCUT2D eigenvalue weighted by Crippen LogP contribution is 2.38. The van der Waals surface area contributed by atoms with Gasteiger partial charge in [-0.15, -0.1) is 0 Å². The molecular weight excluding hydrogens is 1230 g/mol.